The van der Waals surface area contributed by atoms with Gasteiger partial charge in [-0.05, 0) is 19.1 Å². The highest BCUT2D eigenvalue weighted by Gasteiger charge is 2.33. The third-order valence-corrected chi connectivity index (χ3v) is 4.74. The molecule has 3 heterocycles. The number of imidazole rings is 1. The molecule has 2 aromatic heterocycles. The maximum atomic E-state index is 12.7. The van der Waals surface area contributed by atoms with Gasteiger partial charge in [0.2, 0.25) is 5.90 Å². The van der Waals surface area contributed by atoms with E-state index in [1.54, 1.807) is 48.0 Å². The van der Waals surface area contributed by atoms with Gasteiger partial charge in [0.25, 0.3) is 0 Å². The number of rotatable bonds is 5. The third-order valence-electron chi connectivity index (χ3n) is 4.54. The smallest absolute Gasteiger partial charge is 0.422 e. The zero-order valence-corrected chi connectivity index (χ0v) is 16.5. The average molecular weight is 440 g/mol. The predicted molar refractivity (Wildman–Crippen MR) is 105 cm³/mol. The SMILES string of the molecule is CC1(CO)COC(c2cn3cc(Cl)cc(-c4ccccc4OCC(F)(F)F)c3n2)=N1. The van der Waals surface area contributed by atoms with Gasteiger partial charge < -0.3 is 19.0 Å². The highest BCUT2D eigenvalue weighted by molar-refractivity contribution is 6.31. The summed E-state index contributed by atoms with van der Waals surface area (Å²) < 4.78 is 50.2. The number of hydrogen-bond acceptors (Lipinski definition) is 5. The van der Waals surface area contributed by atoms with Crippen LogP contribution in [-0.4, -0.2) is 51.9 Å². The number of aliphatic imine (C=N–C) groups is 1. The number of fused-ring (bicyclic) bond motifs is 1. The lowest BCUT2D eigenvalue weighted by atomic mass is 10.1. The summed E-state index contributed by atoms with van der Waals surface area (Å²) in [5, 5.41) is 9.84. The van der Waals surface area contributed by atoms with E-state index >= 15 is 0 Å². The average Bonchev–Trinajstić information content (AvgIpc) is 3.29. The molecule has 0 spiro atoms. The molecule has 0 fully saturated rings. The molecule has 1 atom stereocenters. The Balaban J connectivity index is 1.80. The second-order valence-electron chi connectivity index (χ2n) is 7.19. The molecule has 1 aromatic carbocycles. The van der Waals surface area contributed by atoms with Gasteiger partial charge in [-0.1, -0.05) is 29.8 Å². The molecular formula is C20H17ClF3N3O3. The van der Waals surface area contributed by atoms with Crippen molar-refractivity contribution >= 4 is 23.1 Å². The summed E-state index contributed by atoms with van der Waals surface area (Å²) in [5.74, 6) is 0.338. The summed E-state index contributed by atoms with van der Waals surface area (Å²) in [5.41, 5.74) is 1.03. The number of para-hydroxylation sites is 1. The van der Waals surface area contributed by atoms with E-state index in [1.165, 1.54) is 6.07 Å². The number of benzene rings is 1. The molecular weight excluding hydrogens is 423 g/mol. The monoisotopic (exact) mass is 439 g/mol. The van der Waals surface area contributed by atoms with Crippen LogP contribution >= 0.6 is 11.6 Å². The second kappa shape index (κ2) is 7.48. The first kappa shape index (κ1) is 20.5. The molecule has 6 nitrogen and oxygen atoms in total. The number of hydrogen-bond donors (Lipinski definition) is 1. The lowest BCUT2D eigenvalue weighted by Gasteiger charge is -2.14. The summed E-state index contributed by atoms with van der Waals surface area (Å²) >= 11 is 6.25. The Hall–Kier alpha value is -2.78. The number of ether oxygens (including phenoxy) is 2. The first-order valence-corrected chi connectivity index (χ1v) is 9.36. The minimum atomic E-state index is -4.46. The van der Waals surface area contributed by atoms with Crippen molar-refractivity contribution in [2.24, 2.45) is 4.99 Å². The molecule has 0 radical (unpaired) electrons. The van der Waals surface area contributed by atoms with Gasteiger partial charge in [-0.3, -0.25) is 0 Å². The van der Waals surface area contributed by atoms with Gasteiger partial charge in [0, 0.05) is 23.5 Å². The molecule has 0 amide bonds. The molecule has 0 aliphatic carbocycles. The number of halogens is 4. The molecule has 10 heteroatoms. The van der Waals surface area contributed by atoms with Crippen LogP contribution in [0.2, 0.25) is 5.02 Å². The molecule has 0 saturated heterocycles. The minimum absolute atomic E-state index is 0.0610. The van der Waals surface area contributed by atoms with Crippen LogP contribution in [0, 0.1) is 0 Å². The van der Waals surface area contributed by atoms with Crippen LogP contribution in [0.1, 0.15) is 12.6 Å². The second-order valence-corrected chi connectivity index (χ2v) is 7.63. The predicted octanol–water partition coefficient (Wildman–Crippen LogP) is 4.12. The van der Waals surface area contributed by atoms with Crippen LogP contribution < -0.4 is 4.74 Å². The fourth-order valence-electron chi connectivity index (χ4n) is 3.09. The first-order chi connectivity index (χ1) is 14.2. The standard InChI is InChI=1S/C20H17ClF3N3O3/c1-19(9-28)10-30-18(26-19)15-8-27-7-12(21)6-14(17(27)25-15)13-4-2-3-5-16(13)29-11-20(22,23)24/h2-8,28H,9-11H2,1H3. The Morgan fingerprint density at radius 2 is 2.03 bits per heavy atom. The van der Waals surface area contributed by atoms with Gasteiger partial charge in [-0.25, -0.2) is 9.98 Å². The summed E-state index contributed by atoms with van der Waals surface area (Å²) in [6.07, 6.45) is -1.18. The van der Waals surface area contributed by atoms with E-state index in [4.69, 9.17) is 21.1 Å². The molecule has 4 rings (SSSR count). The normalized spacial score (nSPS) is 19.1. The van der Waals surface area contributed by atoms with E-state index in [-0.39, 0.29) is 24.9 Å². The van der Waals surface area contributed by atoms with Crippen LogP contribution in [0.15, 0.2) is 47.7 Å². The number of aliphatic hydroxyl groups is 1. The molecule has 158 valence electrons. The molecule has 3 aromatic rings. The fourth-order valence-corrected chi connectivity index (χ4v) is 3.30. The molecule has 1 aliphatic rings. The van der Waals surface area contributed by atoms with E-state index in [0.717, 1.165) is 0 Å². The Kier molecular flexibility index (Phi) is 5.11. The van der Waals surface area contributed by atoms with Crippen molar-refractivity contribution < 1.29 is 27.8 Å². The van der Waals surface area contributed by atoms with Crippen molar-refractivity contribution in [3.63, 3.8) is 0 Å². The molecule has 1 unspecified atom stereocenters. The van der Waals surface area contributed by atoms with E-state index in [0.29, 0.717) is 27.5 Å². The third kappa shape index (κ3) is 4.08. The highest BCUT2D eigenvalue weighted by atomic mass is 35.5. The lowest BCUT2D eigenvalue weighted by Crippen LogP contribution is -2.28. The Labute approximate surface area is 174 Å². The summed E-state index contributed by atoms with van der Waals surface area (Å²) in [7, 11) is 0. The Morgan fingerprint density at radius 1 is 1.27 bits per heavy atom. The lowest BCUT2D eigenvalue weighted by molar-refractivity contribution is -0.153. The number of aliphatic hydroxyl groups excluding tert-OH is 1. The van der Waals surface area contributed by atoms with Crippen molar-refractivity contribution in [3.05, 3.63) is 53.4 Å². The summed E-state index contributed by atoms with van der Waals surface area (Å²) in [6.45, 7) is 0.385. The van der Waals surface area contributed by atoms with Crippen molar-refractivity contribution in [3.8, 4) is 16.9 Å². The fraction of sp³-hybridized carbons (Fsp3) is 0.300. The summed E-state index contributed by atoms with van der Waals surface area (Å²) in [4.78, 5) is 8.94. The van der Waals surface area contributed by atoms with Gasteiger partial charge in [0.1, 0.15) is 29.2 Å². The van der Waals surface area contributed by atoms with E-state index in [2.05, 4.69) is 9.98 Å². The Bertz CT molecular complexity index is 1130. The zero-order chi connectivity index (χ0) is 21.5. The highest BCUT2D eigenvalue weighted by Crippen LogP contribution is 2.35. The van der Waals surface area contributed by atoms with Crippen LogP contribution in [0.4, 0.5) is 13.2 Å². The van der Waals surface area contributed by atoms with Crippen LogP contribution in [0.5, 0.6) is 5.75 Å². The van der Waals surface area contributed by atoms with Crippen LogP contribution in [-0.2, 0) is 4.74 Å². The van der Waals surface area contributed by atoms with Crippen molar-refractivity contribution in [2.75, 3.05) is 19.8 Å². The maximum absolute atomic E-state index is 12.7. The van der Waals surface area contributed by atoms with Gasteiger partial charge in [0.05, 0.1) is 11.6 Å². The Morgan fingerprint density at radius 3 is 2.73 bits per heavy atom. The number of alkyl halides is 3. The molecule has 0 bridgehead atoms. The van der Waals surface area contributed by atoms with E-state index < -0.39 is 18.3 Å². The molecule has 1 N–H and O–H groups in total. The number of pyridine rings is 1. The quantitative estimate of drug-likeness (QED) is 0.649. The molecule has 0 saturated carbocycles. The van der Waals surface area contributed by atoms with Gasteiger partial charge in [-0.2, -0.15) is 13.2 Å². The van der Waals surface area contributed by atoms with Crippen LogP contribution in [0.3, 0.4) is 0 Å². The minimum Gasteiger partial charge on any atom is -0.483 e. The number of aromatic nitrogens is 2. The van der Waals surface area contributed by atoms with Crippen molar-refractivity contribution in [2.45, 2.75) is 18.6 Å². The van der Waals surface area contributed by atoms with Crippen molar-refractivity contribution in [1.29, 1.82) is 0 Å². The van der Waals surface area contributed by atoms with E-state index in [1.807, 2.05) is 0 Å². The van der Waals surface area contributed by atoms with Gasteiger partial charge >= 0.3 is 6.18 Å². The van der Waals surface area contributed by atoms with Crippen molar-refractivity contribution in [1.82, 2.24) is 9.38 Å². The number of nitrogens with zero attached hydrogens (tertiary/aromatic N) is 3. The summed E-state index contributed by atoms with van der Waals surface area (Å²) in [6, 6.07) is 7.98. The maximum Gasteiger partial charge on any atom is 0.422 e. The van der Waals surface area contributed by atoms with Crippen LogP contribution in [0.25, 0.3) is 16.8 Å². The largest absolute Gasteiger partial charge is 0.483 e. The first-order valence-electron chi connectivity index (χ1n) is 8.98. The van der Waals surface area contributed by atoms with Gasteiger partial charge in [-0.15, -0.1) is 0 Å². The topological polar surface area (TPSA) is 68.4 Å². The zero-order valence-electron chi connectivity index (χ0n) is 15.8. The van der Waals surface area contributed by atoms with E-state index in [9.17, 15) is 18.3 Å². The molecule has 30 heavy (non-hydrogen) atoms. The molecule has 1 aliphatic heterocycles. The van der Waals surface area contributed by atoms with Gasteiger partial charge in [0.15, 0.2) is 6.61 Å².